The molecule has 2 radical (unpaired) electrons. The van der Waals surface area contributed by atoms with Crippen LogP contribution in [0.3, 0.4) is 0 Å². The number of rotatable bonds is 3. The van der Waals surface area contributed by atoms with Crippen LogP contribution in [0.5, 0.6) is 0 Å². The van der Waals surface area contributed by atoms with Crippen LogP contribution in [0.15, 0.2) is 0 Å². The third kappa shape index (κ3) is 5.46. The third-order valence-electron chi connectivity index (χ3n) is 1.28. The molecule has 0 spiro atoms. The van der Waals surface area contributed by atoms with E-state index < -0.39 is 23.5 Å². The van der Waals surface area contributed by atoms with E-state index in [0.29, 0.717) is 0 Å². The van der Waals surface area contributed by atoms with Crippen LogP contribution < -0.4 is 0 Å². The van der Waals surface area contributed by atoms with E-state index >= 15 is 0 Å². The van der Waals surface area contributed by atoms with Crippen LogP contribution in [0.25, 0.3) is 0 Å². The maximum atomic E-state index is 12.1. The van der Waals surface area contributed by atoms with Gasteiger partial charge in [-0.05, 0) is 18.1 Å². The summed E-state index contributed by atoms with van der Waals surface area (Å²) in [6, 6.07) is 0. The van der Waals surface area contributed by atoms with Gasteiger partial charge in [0.15, 0.2) is 7.83 Å². The fraction of sp³-hybridized carbons (Fsp3) is 1.00. The van der Waals surface area contributed by atoms with Crippen LogP contribution in [0, 0.1) is 0 Å². The molecule has 0 atom stereocenters. The standard InChI is InChI=1S/C7H15F3O3SSi2/c1-6(2,3)15-16(4,5)13-14(11,12)7(8,9)10/h1-5H3. The number of halogens is 3. The predicted molar refractivity (Wildman–Crippen MR) is 59.0 cm³/mol. The van der Waals surface area contributed by atoms with Crippen molar-refractivity contribution in [1.29, 1.82) is 0 Å². The first-order valence-corrected chi connectivity index (χ1v) is 10.8. The van der Waals surface area contributed by atoms with E-state index in [4.69, 9.17) is 0 Å². The Morgan fingerprint density at radius 3 is 1.75 bits per heavy atom. The molecule has 0 aliphatic heterocycles. The lowest BCUT2D eigenvalue weighted by Crippen LogP contribution is -2.47. The first-order valence-electron chi connectivity index (χ1n) is 4.48. The Labute approximate surface area is 97.2 Å². The van der Waals surface area contributed by atoms with E-state index in [2.05, 4.69) is 3.87 Å². The summed E-state index contributed by atoms with van der Waals surface area (Å²) in [5, 5.41) is -0.239. The van der Waals surface area contributed by atoms with Gasteiger partial charge in [0.1, 0.15) is 0 Å². The summed E-state index contributed by atoms with van der Waals surface area (Å²) in [7, 11) is -8.26. The number of hydrogen-bond acceptors (Lipinski definition) is 3. The van der Waals surface area contributed by atoms with Gasteiger partial charge < -0.3 is 3.87 Å². The summed E-state index contributed by atoms with van der Waals surface area (Å²) in [6.07, 6.45) is 0. The second kappa shape index (κ2) is 4.43. The Morgan fingerprint density at radius 1 is 1.12 bits per heavy atom. The predicted octanol–water partition coefficient (Wildman–Crippen LogP) is 2.48. The van der Waals surface area contributed by atoms with Crippen LogP contribution in [0.4, 0.5) is 13.2 Å². The minimum absolute atomic E-state index is 0.0584. The van der Waals surface area contributed by atoms with Crippen molar-refractivity contribution in [1.82, 2.24) is 0 Å². The van der Waals surface area contributed by atoms with E-state index in [0.717, 1.165) is 0 Å². The summed E-state index contributed by atoms with van der Waals surface area (Å²) in [5.41, 5.74) is -5.33. The topological polar surface area (TPSA) is 43.4 Å². The van der Waals surface area contributed by atoms with Gasteiger partial charge in [0.05, 0.1) is 9.04 Å². The highest BCUT2D eigenvalue weighted by molar-refractivity contribution is 7.89. The van der Waals surface area contributed by atoms with Gasteiger partial charge in [0.25, 0.3) is 0 Å². The summed E-state index contributed by atoms with van der Waals surface area (Å²) >= 11 is 0. The fourth-order valence-electron chi connectivity index (χ4n) is 1.25. The molecule has 9 heteroatoms. The van der Waals surface area contributed by atoms with Gasteiger partial charge in [-0.1, -0.05) is 20.8 Å². The van der Waals surface area contributed by atoms with Crippen molar-refractivity contribution in [2.45, 2.75) is 44.4 Å². The molecule has 3 nitrogen and oxygen atoms in total. The molecule has 0 N–H and O–H groups in total. The molecule has 0 aliphatic carbocycles. The monoisotopic (exact) mass is 292 g/mol. The van der Waals surface area contributed by atoms with Crippen molar-refractivity contribution in [3.63, 3.8) is 0 Å². The minimum Gasteiger partial charge on any atom is -0.312 e. The lowest BCUT2D eigenvalue weighted by Gasteiger charge is -2.28. The van der Waals surface area contributed by atoms with E-state index in [1.54, 1.807) is 0 Å². The van der Waals surface area contributed by atoms with Crippen molar-refractivity contribution in [3.8, 4) is 0 Å². The van der Waals surface area contributed by atoms with E-state index in [1.165, 1.54) is 13.1 Å². The molecular formula is C7H15F3O3SSi2. The average Bonchev–Trinajstić information content (AvgIpc) is 1.72. The lowest BCUT2D eigenvalue weighted by atomic mass is 10.3. The van der Waals surface area contributed by atoms with E-state index in [-0.39, 0.29) is 14.1 Å². The smallest absolute Gasteiger partial charge is 0.312 e. The molecule has 0 rings (SSSR count). The fourth-order valence-corrected chi connectivity index (χ4v) is 12.6. The van der Waals surface area contributed by atoms with Gasteiger partial charge in [0.2, 0.25) is 0 Å². The van der Waals surface area contributed by atoms with Gasteiger partial charge in [-0.2, -0.15) is 21.6 Å². The maximum absolute atomic E-state index is 12.1. The molecule has 0 aliphatic rings. The van der Waals surface area contributed by atoms with Crippen LogP contribution in [0.1, 0.15) is 20.8 Å². The largest absolute Gasteiger partial charge is 0.522 e. The van der Waals surface area contributed by atoms with Gasteiger partial charge >= 0.3 is 15.6 Å². The minimum atomic E-state index is -5.46. The van der Waals surface area contributed by atoms with Crippen LogP contribution in [-0.2, 0) is 14.0 Å². The maximum Gasteiger partial charge on any atom is 0.522 e. The van der Waals surface area contributed by atoms with Gasteiger partial charge in [-0.3, -0.25) is 0 Å². The quantitative estimate of drug-likeness (QED) is 0.593. The second-order valence-corrected chi connectivity index (χ2v) is 16.0. The number of alkyl halides is 3. The zero-order valence-corrected chi connectivity index (χ0v) is 12.6. The molecule has 0 saturated heterocycles. The molecule has 0 fully saturated rings. The highest BCUT2D eigenvalue weighted by Crippen LogP contribution is 2.31. The number of hydrogen-bond donors (Lipinski definition) is 0. The van der Waals surface area contributed by atoms with Gasteiger partial charge in [-0.15, -0.1) is 0 Å². The second-order valence-electron chi connectivity index (χ2n) is 4.87. The zero-order chi connectivity index (χ0) is 13.4. The molecule has 0 bridgehead atoms. The van der Waals surface area contributed by atoms with Crippen molar-refractivity contribution in [2.75, 3.05) is 0 Å². The Morgan fingerprint density at radius 2 is 1.50 bits per heavy atom. The van der Waals surface area contributed by atoms with Crippen LogP contribution in [-0.4, -0.2) is 30.8 Å². The highest BCUT2D eigenvalue weighted by atomic mass is 32.2. The summed E-state index contributed by atoms with van der Waals surface area (Å²) in [5.74, 6) is 0. The third-order valence-corrected chi connectivity index (χ3v) is 10.5. The lowest BCUT2D eigenvalue weighted by molar-refractivity contribution is -0.0502. The zero-order valence-electron chi connectivity index (χ0n) is 9.77. The molecule has 16 heavy (non-hydrogen) atoms. The summed E-state index contributed by atoms with van der Waals surface area (Å²) < 4.78 is 62.4. The Bertz CT molecular complexity index is 343. The van der Waals surface area contributed by atoms with Gasteiger partial charge in [-0.25, -0.2) is 0 Å². The van der Waals surface area contributed by atoms with Crippen LogP contribution >= 0.6 is 0 Å². The first-order chi connectivity index (χ1) is 6.66. The molecule has 0 aromatic rings. The Kier molecular flexibility index (Phi) is 4.46. The van der Waals surface area contributed by atoms with Gasteiger partial charge in [0, 0.05) is 0 Å². The van der Waals surface area contributed by atoms with Crippen molar-refractivity contribution >= 4 is 27.0 Å². The molecule has 0 amide bonds. The van der Waals surface area contributed by atoms with Crippen molar-refractivity contribution in [3.05, 3.63) is 0 Å². The Balaban J connectivity index is 4.87. The normalized spacial score (nSPS) is 15.2. The van der Waals surface area contributed by atoms with Crippen molar-refractivity contribution in [2.24, 2.45) is 0 Å². The summed E-state index contributed by atoms with van der Waals surface area (Å²) in [6.45, 7) is 8.46. The highest BCUT2D eigenvalue weighted by Gasteiger charge is 2.50. The molecule has 0 unspecified atom stereocenters. The van der Waals surface area contributed by atoms with E-state index in [1.807, 2.05) is 20.8 Å². The van der Waals surface area contributed by atoms with E-state index in [9.17, 15) is 21.6 Å². The Hall–Kier alpha value is 0.134. The molecule has 96 valence electrons. The summed E-state index contributed by atoms with van der Waals surface area (Å²) in [4.78, 5) is 0. The molecule has 0 aromatic carbocycles. The molecule has 0 saturated carbocycles. The first kappa shape index (κ1) is 16.1. The molecule has 0 aromatic heterocycles. The van der Waals surface area contributed by atoms with Crippen LogP contribution in [0.2, 0.25) is 18.1 Å². The SMILES string of the molecule is CC(C)(C)[Si][Si](C)(C)OS(=O)(=O)C(F)(F)F. The molecular weight excluding hydrogens is 277 g/mol. The molecule has 0 heterocycles. The van der Waals surface area contributed by atoms with Crippen molar-refractivity contribution < 1.29 is 25.5 Å². The average molecular weight is 292 g/mol.